The minimum Gasteiger partial charge on any atom is -0.298 e. The molecule has 0 amide bonds. The molecule has 1 aromatic rings. The lowest BCUT2D eigenvalue weighted by molar-refractivity contribution is 0.158. The van der Waals surface area contributed by atoms with Crippen molar-refractivity contribution in [2.24, 2.45) is 0 Å². The topological polar surface area (TPSA) is 40.6 Å². The summed E-state index contributed by atoms with van der Waals surface area (Å²) in [6.45, 7) is 5.34. The Morgan fingerprint density at radius 1 is 1.15 bits per heavy atom. The molecule has 0 N–H and O–H groups in total. The summed E-state index contributed by atoms with van der Waals surface area (Å²) in [5.74, 6) is 0. The number of aryl methyl sites for hydroxylation is 1. The van der Waals surface area contributed by atoms with Crippen LogP contribution in [0.1, 0.15) is 25.3 Å². The van der Waals surface area contributed by atoms with Crippen molar-refractivity contribution in [3.8, 4) is 0 Å². The van der Waals surface area contributed by atoms with Crippen LogP contribution in [0.5, 0.6) is 0 Å². The van der Waals surface area contributed by atoms with Crippen LogP contribution in [0.2, 0.25) is 0 Å². The van der Waals surface area contributed by atoms with E-state index < -0.39 is 10.0 Å². The fourth-order valence-electron chi connectivity index (χ4n) is 3.23. The van der Waals surface area contributed by atoms with E-state index in [2.05, 4.69) is 11.8 Å². The molecule has 1 aromatic carbocycles. The second kappa shape index (κ2) is 5.47. The Morgan fingerprint density at radius 2 is 1.90 bits per heavy atom. The van der Waals surface area contributed by atoms with E-state index in [4.69, 9.17) is 0 Å². The van der Waals surface area contributed by atoms with E-state index in [0.29, 0.717) is 24.0 Å². The number of nitrogens with zero attached hydrogens (tertiary/aromatic N) is 2. The molecule has 2 aliphatic rings. The number of hydrogen-bond acceptors (Lipinski definition) is 3. The van der Waals surface area contributed by atoms with E-state index >= 15 is 0 Å². The maximum Gasteiger partial charge on any atom is 0.243 e. The third-order valence-electron chi connectivity index (χ3n) is 4.52. The van der Waals surface area contributed by atoms with E-state index in [1.54, 1.807) is 16.4 Å². The fourth-order valence-corrected chi connectivity index (χ4v) is 4.70. The predicted octanol–water partition coefficient (Wildman–Crippen LogP) is 1.72. The highest BCUT2D eigenvalue weighted by Crippen LogP contribution is 2.25. The molecule has 0 radical (unpaired) electrons. The van der Waals surface area contributed by atoms with Gasteiger partial charge >= 0.3 is 0 Å². The van der Waals surface area contributed by atoms with E-state index in [1.807, 2.05) is 12.1 Å². The normalized spacial score (nSPS) is 24.8. The largest absolute Gasteiger partial charge is 0.298 e. The quantitative estimate of drug-likeness (QED) is 0.852. The zero-order valence-electron chi connectivity index (χ0n) is 12.0. The maximum atomic E-state index is 12.7. The number of sulfonamides is 1. The monoisotopic (exact) mass is 294 g/mol. The van der Waals surface area contributed by atoms with Crippen LogP contribution in [0.15, 0.2) is 29.2 Å². The highest BCUT2D eigenvalue weighted by atomic mass is 32.2. The van der Waals surface area contributed by atoms with Gasteiger partial charge in [0, 0.05) is 25.7 Å². The number of hydrogen-bond donors (Lipinski definition) is 0. The number of rotatable bonds is 3. The lowest BCUT2D eigenvalue weighted by Gasteiger charge is -2.36. The van der Waals surface area contributed by atoms with Crippen LogP contribution in [0.3, 0.4) is 0 Å². The number of fused-ring (bicyclic) bond motifs is 1. The third-order valence-corrected chi connectivity index (χ3v) is 6.40. The molecule has 4 nitrogen and oxygen atoms in total. The SMILES string of the molecule is CCc1ccc(S(=O)(=O)N2CCN3CCCC3C2)cc1. The molecular formula is C15H22N2O2S. The highest BCUT2D eigenvalue weighted by Gasteiger charge is 2.36. The Labute approximate surface area is 121 Å². The molecule has 1 atom stereocenters. The van der Waals surface area contributed by atoms with Crippen molar-refractivity contribution < 1.29 is 8.42 Å². The molecule has 2 heterocycles. The smallest absolute Gasteiger partial charge is 0.243 e. The van der Waals surface area contributed by atoms with Gasteiger partial charge in [0.05, 0.1) is 4.90 Å². The lowest BCUT2D eigenvalue weighted by Crippen LogP contribution is -2.51. The predicted molar refractivity (Wildman–Crippen MR) is 79.2 cm³/mol. The highest BCUT2D eigenvalue weighted by molar-refractivity contribution is 7.89. The lowest BCUT2D eigenvalue weighted by atomic mass is 10.2. The first-order valence-electron chi connectivity index (χ1n) is 7.44. The molecule has 0 saturated carbocycles. The fraction of sp³-hybridized carbons (Fsp3) is 0.600. The zero-order valence-corrected chi connectivity index (χ0v) is 12.8. The summed E-state index contributed by atoms with van der Waals surface area (Å²) in [4.78, 5) is 2.85. The zero-order chi connectivity index (χ0) is 14.2. The Balaban J connectivity index is 1.80. The van der Waals surface area contributed by atoms with Crippen molar-refractivity contribution >= 4 is 10.0 Å². The third kappa shape index (κ3) is 2.50. The molecule has 0 aliphatic carbocycles. The number of piperazine rings is 1. The summed E-state index contributed by atoms with van der Waals surface area (Å²) in [6, 6.07) is 7.75. The molecule has 0 aromatic heterocycles. The Hall–Kier alpha value is -0.910. The second-order valence-electron chi connectivity index (χ2n) is 5.69. The summed E-state index contributed by atoms with van der Waals surface area (Å²) in [7, 11) is -3.32. The minimum absolute atomic E-state index is 0.424. The average molecular weight is 294 g/mol. The molecule has 0 bridgehead atoms. The molecule has 0 spiro atoms. The van der Waals surface area contributed by atoms with Gasteiger partial charge in [-0.2, -0.15) is 4.31 Å². The van der Waals surface area contributed by atoms with Gasteiger partial charge in [0.1, 0.15) is 0 Å². The van der Waals surface area contributed by atoms with Crippen LogP contribution in [0.25, 0.3) is 0 Å². The first-order chi connectivity index (χ1) is 9.61. The standard InChI is InChI=1S/C15H22N2O2S/c1-2-13-5-7-15(8-6-13)20(18,19)17-11-10-16-9-3-4-14(16)12-17/h5-8,14H,2-4,9-12H2,1H3. The molecule has 2 aliphatic heterocycles. The van der Waals surface area contributed by atoms with Crippen LogP contribution in [-0.2, 0) is 16.4 Å². The molecule has 2 saturated heterocycles. The van der Waals surface area contributed by atoms with Crippen LogP contribution in [0, 0.1) is 0 Å². The Morgan fingerprint density at radius 3 is 2.60 bits per heavy atom. The van der Waals surface area contributed by atoms with Gasteiger partial charge in [0.25, 0.3) is 0 Å². The van der Waals surface area contributed by atoms with Gasteiger partial charge in [-0.05, 0) is 43.5 Å². The van der Waals surface area contributed by atoms with Gasteiger partial charge < -0.3 is 0 Å². The van der Waals surface area contributed by atoms with Crippen LogP contribution in [-0.4, -0.2) is 49.8 Å². The van der Waals surface area contributed by atoms with E-state index in [-0.39, 0.29) is 0 Å². The molecule has 3 rings (SSSR count). The van der Waals surface area contributed by atoms with Gasteiger partial charge in [-0.1, -0.05) is 19.1 Å². The van der Waals surface area contributed by atoms with E-state index in [0.717, 1.165) is 25.9 Å². The molecule has 20 heavy (non-hydrogen) atoms. The molecule has 2 fully saturated rings. The molecular weight excluding hydrogens is 272 g/mol. The van der Waals surface area contributed by atoms with Crippen molar-refractivity contribution in [3.05, 3.63) is 29.8 Å². The first-order valence-corrected chi connectivity index (χ1v) is 8.88. The first kappa shape index (κ1) is 14.0. The summed E-state index contributed by atoms with van der Waals surface area (Å²) >= 11 is 0. The van der Waals surface area contributed by atoms with Crippen molar-refractivity contribution in [3.63, 3.8) is 0 Å². The second-order valence-corrected chi connectivity index (χ2v) is 7.63. The molecule has 110 valence electrons. The molecule has 1 unspecified atom stereocenters. The van der Waals surface area contributed by atoms with E-state index in [1.165, 1.54) is 12.0 Å². The molecule has 5 heteroatoms. The van der Waals surface area contributed by atoms with Gasteiger partial charge in [-0.3, -0.25) is 4.90 Å². The van der Waals surface area contributed by atoms with Crippen LogP contribution in [0.4, 0.5) is 0 Å². The summed E-state index contributed by atoms with van der Waals surface area (Å²) in [5, 5.41) is 0. The van der Waals surface area contributed by atoms with Gasteiger partial charge in [0.15, 0.2) is 0 Å². The van der Waals surface area contributed by atoms with Crippen molar-refractivity contribution in [2.45, 2.75) is 37.1 Å². The Bertz CT molecular complexity index is 568. The van der Waals surface area contributed by atoms with Crippen LogP contribution < -0.4 is 0 Å². The summed E-state index contributed by atoms with van der Waals surface area (Å²) < 4.78 is 27.0. The van der Waals surface area contributed by atoms with Gasteiger partial charge in [-0.25, -0.2) is 8.42 Å². The summed E-state index contributed by atoms with van der Waals surface area (Å²) in [5.41, 5.74) is 1.17. The van der Waals surface area contributed by atoms with Gasteiger partial charge in [-0.15, -0.1) is 0 Å². The van der Waals surface area contributed by atoms with Crippen molar-refractivity contribution in [2.75, 3.05) is 26.2 Å². The van der Waals surface area contributed by atoms with Crippen molar-refractivity contribution in [1.29, 1.82) is 0 Å². The van der Waals surface area contributed by atoms with Crippen molar-refractivity contribution in [1.82, 2.24) is 9.21 Å². The van der Waals surface area contributed by atoms with Gasteiger partial charge in [0.2, 0.25) is 10.0 Å². The average Bonchev–Trinajstić information content (AvgIpc) is 2.94. The minimum atomic E-state index is -3.32. The Kier molecular flexibility index (Phi) is 3.84. The maximum absolute atomic E-state index is 12.7. The number of benzene rings is 1. The summed E-state index contributed by atoms with van der Waals surface area (Å²) in [6.07, 6.45) is 3.26. The van der Waals surface area contributed by atoms with E-state index in [9.17, 15) is 8.42 Å². The van der Waals surface area contributed by atoms with Crippen LogP contribution >= 0.6 is 0 Å².